The Bertz CT molecular complexity index is 8.00. The molecule has 0 aliphatic carbocycles. The van der Waals surface area contributed by atoms with Crippen molar-refractivity contribution >= 4 is 48.9 Å². The van der Waals surface area contributed by atoms with E-state index < -0.39 is 0 Å². The van der Waals surface area contributed by atoms with E-state index in [1.54, 1.807) is 0 Å². The van der Waals surface area contributed by atoms with Gasteiger partial charge in [-0.1, -0.05) is 0 Å². The van der Waals surface area contributed by atoms with Crippen LogP contribution >= 0.6 is 0 Å². The van der Waals surface area contributed by atoms with Crippen LogP contribution in [0.3, 0.4) is 0 Å². The molecule has 1 nitrogen and oxygen atoms in total. The van der Waals surface area contributed by atoms with Gasteiger partial charge in [0.15, 0.2) is 0 Å². The zero-order chi connectivity index (χ0) is 2.00. The van der Waals surface area contributed by atoms with Gasteiger partial charge in [-0.15, -0.1) is 0 Å². The normalized spacial score (nSPS) is 1.50. The van der Waals surface area contributed by atoms with Gasteiger partial charge in [-0.25, -0.2) is 0 Å². The number of rotatable bonds is 0. The van der Waals surface area contributed by atoms with Crippen LogP contribution < -0.4 is 0 Å². The van der Waals surface area contributed by atoms with Gasteiger partial charge in [0.1, 0.15) is 0 Å². The van der Waals surface area contributed by atoms with Crippen molar-refractivity contribution in [1.29, 1.82) is 0 Å². The molecule has 4 heavy (non-hydrogen) atoms. The molecule has 0 aliphatic heterocycles. The molecule has 0 aliphatic rings. The average Bonchev–Trinajstić information content (AvgIpc) is 1.00. The molecule has 0 radical (unpaired) electrons. The first-order valence-electron chi connectivity index (χ1n) is 0.123. The van der Waals surface area contributed by atoms with Crippen LogP contribution in [0, 0.1) is 37.3 Å². The third kappa shape index (κ3) is 8.93. The van der Waals surface area contributed by atoms with Crippen molar-refractivity contribution in [2.75, 3.05) is 0 Å². The molecule has 0 amide bonds. The van der Waals surface area contributed by atoms with Crippen LogP contribution in [0.25, 0.3) is 0 Å². The van der Waals surface area contributed by atoms with Gasteiger partial charge < -0.3 is 0 Å². The Morgan fingerprint density at radius 2 is 1.25 bits per heavy atom. The van der Waals surface area contributed by atoms with E-state index >= 15 is 0 Å². The summed E-state index contributed by atoms with van der Waals surface area (Å²) in [6.07, 6.45) is 0. The second-order valence-electron chi connectivity index (χ2n) is 0. The monoisotopic (exact) mass is 385 g/mol. The van der Waals surface area contributed by atoms with Gasteiger partial charge in [0, 0.05) is 37.3 Å². The molecule has 33 valence electrons. The van der Waals surface area contributed by atoms with Crippen LogP contribution in [0.15, 0.2) is 0 Å². The molecule has 0 N–H and O–H groups in total. The molecule has 0 heterocycles. The minimum atomic E-state index is 0. The van der Waals surface area contributed by atoms with Crippen LogP contribution in [-0.2, 0) is 19.8 Å². The first-order valence-corrected chi connectivity index (χ1v) is 0.508. The Balaban J connectivity index is -0.00000000500. The van der Waals surface area contributed by atoms with E-state index in [1.165, 1.54) is 0 Å². The zero-order valence-electron chi connectivity index (χ0n) is 0.998. The third-order valence-electron chi connectivity index (χ3n) is 0. The second kappa shape index (κ2) is 16.5. The second-order valence-corrected chi connectivity index (χ2v) is 0. The Kier molecular flexibility index (Phi) is 64.6. The molecule has 0 bridgehead atoms. The quantitative estimate of drug-likeness (QED) is 0.487. The molecule has 0 aromatic rings. The van der Waals surface area contributed by atoms with E-state index in [-0.39, 0.29) is 86.2 Å². The van der Waals surface area contributed by atoms with Crippen molar-refractivity contribution in [3.05, 3.63) is 0 Å². The zero-order valence-corrected chi connectivity index (χ0v) is 3.79. The standard InChI is InChI=1S/Ba.Cu.Er.O.2H. The van der Waals surface area contributed by atoms with Crippen molar-refractivity contribution in [1.82, 2.24) is 0 Å². The van der Waals surface area contributed by atoms with Gasteiger partial charge in [-0.3, -0.25) is 0 Å². The van der Waals surface area contributed by atoms with Gasteiger partial charge in [-0.2, -0.15) is 0 Å². The van der Waals surface area contributed by atoms with E-state index in [9.17, 15) is 0 Å². The maximum atomic E-state index is 7.81. The van der Waals surface area contributed by atoms with E-state index in [0.29, 0.717) is 0 Å². The summed E-state index contributed by atoms with van der Waals surface area (Å²) in [5, 5.41) is 0. The topological polar surface area (TPSA) is 17.1 Å². The predicted molar refractivity (Wildman–Crippen MR) is 9.23 cm³/mol. The minimum absolute atomic E-state index is 0. The van der Waals surface area contributed by atoms with Gasteiger partial charge in [0.25, 0.3) is 0 Å². The first-order chi connectivity index (χ1) is 1.00. The maximum absolute atomic E-state index is 7.81. The molecule has 0 aromatic carbocycles. The van der Waals surface area contributed by atoms with E-state index in [0.717, 1.165) is 0 Å². The van der Waals surface area contributed by atoms with Crippen LogP contribution in [0.4, 0.5) is 0 Å². The van der Waals surface area contributed by atoms with E-state index in [4.69, 9.17) is 3.83 Å². The molecule has 4 heteroatoms. The molecular weight excluding hydrogens is 384 g/mol. The Morgan fingerprint density at radius 1 is 1.25 bits per heavy atom. The van der Waals surface area contributed by atoms with Gasteiger partial charge >= 0.3 is 68.7 Å². The Hall–Kier alpha value is 3.14. The Morgan fingerprint density at radius 3 is 1.25 bits per heavy atom. The molecule has 0 rings (SSSR count). The van der Waals surface area contributed by atoms with Crippen LogP contribution in [0.1, 0.15) is 0 Å². The summed E-state index contributed by atoms with van der Waals surface area (Å²) in [6.45, 7) is 0. The number of hydrogen-bond acceptors (Lipinski definition) is 1. The van der Waals surface area contributed by atoms with Crippen molar-refractivity contribution in [2.45, 2.75) is 0 Å². The average molecular weight is 386 g/mol. The SMILES string of the molecule is [BaH2].[Er].[O]=[Cu]. The number of hydrogen-bond donors (Lipinski definition) is 0. The molecule has 0 spiro atoms. The van der Waals surface area contributed by atoms with Gasteiger partial charge in [-0.05, 0) is 0 Å². The molecule has 0 saturated carbocycles. The predicted octanol–water partition coefficient (Wildman–Crippen LogP) is -1.04. The third-order valence-corrected chi connectivity index (χ3v) is 0. The summed E-state index contributed by atoms with van der Waals surface area (Å²) in [5.41, 5.74) is 0. The summed E-state index contributed by atoms with van der Waals surface area (Å²) in [5.74, 6) is 0. The Labute approximate surface area is 103 Å². The summed E-state index contributed by atoms with van der Waals surface area (Å²) >= 11 is 2.94. The summed E-state index contributed by atoms with van der Waals surface area (Å²) < 4.78 is 7.81. The van der Waals surface area contributed by atoms with E-state index in [2.05, 4.69) is 15.9 Å². The van der Waals surface area contributed by atoms with Crippen LogP contribution in [0.5, 0.6) is 0 Å². The fourth-order valence-corrected chi connectivity index (χ4v) is 0. The fraction of sp³-hybridized carbons (Fsp3) is 0. The fourth-order valence-electron chi connectivity index (χ4n) is 0. The molecule has 0 unspecified atom stereocenters. The molecule has 0 atom stereocenters. The molecule has 0 aromatic heterocycles. The van der Waals surface area contributed by atoms with Crippen LogP contribution in [-0.4, -0.2) is 48.9 Å². The summed E-state index contributed by atoms with van der Waals surface area (Å²) in [6, 6.07) is 0. The van der Waals surface area contributed by atoms with Gasteiger partial charge in [0.05, 0.1) is 0 Å². The summed E-state index contributed by atoms with van der Waals surface area (Å²) in [7, 11) is 0. The van der Waals surface area contributed by atoms with Crippen molar-refractivity contribution in [3.8, 4) is 0 Å². The summed E-state index contributed by atoms with van der Waals surface area (Å²) in [4.78, 5) is 0. The van der Waals surface area contributed by atoms with Crippen molar-refractivity contribution < 1.29 is 57.1 Å². The van der Waals surface area contributed by atoms with E-state index in [1.807, 2.05) is 0 Å². The van der Waals surface area contributed by atoms with Crippen LogP contribution in [0.2, 0.25) is 0 Å². The van der Waals surface area contributed by atoms with Crippen molar-refractivity contribution in [2.24, 2.45) is 0 Å². The van der Waals surface area contributed by atoms with Crippen molar-refractivity contribution in [3.63, 3.8) is 0 Å². The first kappa shape index (κ1) is 15.7. The van der Waals surface area contributed by atoms with Gasteiger partial charge in [0.2, 0.25) is 0 Å². The molecular formula is H2BaCuErO. The molecule has 0 saturated heterocycles. The molecule has 0 fully saturated rings.